The molecule has 9 nitrogen and oxygen atoms in total. The van der Waals surface area contributed by atoms with E-state index >= 15 is 0 Å². The Morgan fingerprint density at radius 3 is 2.47 bits per heavy atom. The highest BCUT2D eigenvalue weighted by Crippen LogP contribution is 2.27. The highest BCUT2D eigenvalue weighted by atomic mass is 32.2. The van der Waals surface area contributed by atoms with Crippen LogP contribution in [-0.2, 0) is 11.3 Å². The molecule has 1 atom stereocenters. The summed E-state index contributed by atoms with van der Waals surface area (Å²) in [7, 11) is 1.51. The van der Waals surface area contributed by atoms with Crippen LogP contribution in [0.3, 0.4) is 0 Å². The van der Waals surface area contributed by atoms with Gasteiger partial charge in [0.15, 0.2) is 0 Å². The predicted molar refractivity (Wildman–Crippen MR) is 138 cm³/mol. The van der Waals surface area contributed by atoms with Gasteiger partial charge in [0.25, 0.3) is 11.5 Å². The summed E-state index contributed by atoms with van der Waals surface area (Å²) in [6, 6.07) is 19.1. The maximum atomic E-state index is 12.8. The van der Waals surface area contributed by atoms with E-state index in [0.29, 0.717) is 27.9 Å². The number of ether oxygens (including phenoxy) is 1. The number of carboxylic acids is 1. The van der Waals surface area contributed by atoms with Crippen LogP contribution in [0, 0.1) is 6.92 Å². The van der Waals surface area contributed by atoms with E-state index in [4.69, 9.17) is 4.74 Å². The van der Waals surface area contributed by atoms with Crippen LogP contribution < -0.4 is 15.6 Å². The largest absolute Gasteiger partial charge is 0.497 e. The number of nitrogens with one attached hydrogen (secondary N) is 1. The molecule has 4 aromatic rings. The van der Waals surface area contributed by atoms with Gasteiger partial charge in [-0.1, -0.05) is 22.9 Å². The number of anilines is 1. The second-order valence-electron chi connectivity index (χ2n) is 8.08. The van der Waals surface area contributed by atoms with Crippen molar-refractivity contribution in [2.45, 2.75) is 30.0 Å². The number of carbonyl (C=O) groups is 2. The zero-order valence-corrected chi connectivity index (χ0v) is 20.5. The Morgan fingerprint density at radius 2 is 1.81 bits per heavy atom. The monoisotopic (exact) mass is 504 g/mol. The molecule has 4 rings (SSSR count). The topological polar surface area (TPSA) is 123 Å². The summed E-state index contributed by atoms with van der Waals surface area (Å²) in [5.74, 6) is -0.699. The molecule has 1 unspecified atom stereocenters. The van der Waals surface area contributed by atoms with Crippen molar-refractivity contribution < 1.29 is 19.4 Å². The number of carboxylic acid groups (broad SMARTS) is 1. The summed E-state index contributed by atoms with van der Waals surface area (Å²) in [4.78, 5) is 37.8. The molecule has 0 saturated heterocycles. The third kappa shape index (κ3) is 5.89. The maximum absolute atomic E-state index is 12.8. The second kappa shape index (κ2) is 11.0. The van der Waals surface area contributed by atoms with Gasteiger partial charge in [0.05, 0.1) is 12.5 Å². The fourth-order valence-corrected chi connectivity index (χ4v) is 4.44. The molecule has 2 N–H and O–H groups in total. The lowest BCUT2D eigenvalue weighted by atomic mass is 10.1. The average Bonchev–Trinajstić information content (AvgIpc) is 2.88. The van der Waals surface area contributed by atoms with Gasteiger partial charge < -0.3 is 15.2 Å². The van der Waals surface area contributed by atoms with Crippen molar-refractivity contribution in [2.24, 2.45) is 0 Å². The minimum Gasteiger partial charge on any atom is -0.497 e. The molecule has 1 heterocycles. The summed E-state index contributed by atoms with van der Waals surface area (Å²) in [6.45, 7) is 2.04. The van der Waals surface area contributed by atoms with Gasteiger partial charge in [0, 0.05) is 22.7 Å². The fraction of sp³-hybridized carbons (Fsp3) is 0.192. The van der Waals surface area contributed by atoms with Crippen LogP contribution in [0.1, 0.15) is 22.3 Å². The maximum Gasteiger partial charge on any atom is 0.317 e. The highest BCUT2D eigenvalue weighted by molar-refractivity contribution is 8.00. The molecule has 0 saturated carbocycles. The van der Waals surface area contributed by atoms with Crippen LogP contribution in [0.15, 0.2) is 76.4 Å². The number of aromatic nitrogens is 3. The number of rotatable bonds is 9. The predicted octanol–water partition coefficient (Wildman–Crippen LogP) is 4.00. The van der Waals surface area contributed by atoms with Crippen LogP contribution in [-0.4, -0.2) is 44.3 Å². The van der Waals surface area contributed by atoms with Gasteiger partial charge >= 0.3 is 5.97 Å². The number of hydrogen-bond acceptors (Lipinski definition) is 7. The first-order valence-electron chi connectivity index (χ1n) is 11.1. The second-order valence-corrected chi connectivity index (χ2v) is 9.35. The van der Waals surface area contributed by atoms with E-state index in [2.05, 4.69) is 15.6 Å². The molecule has 0 fully saturated rings. The van der Waals surface area contributed by atoms with Gasteiger partial charge in [-0.15, -0.1) is 16.9 Å². The van der Waals surface area contributed by atoms with Crippen molar-refractivity contribution in [3.63, 3.8) is 0 Å². The van der Waals surface area contributed by atoms with Gasteiger partial charge in [0.1, 0.15) is 16.5 Å². The molecular weight excluding hydrogens is 480 g/mol. The summed E-state index contributed by atoms with van der Waals surface area (Å²) >= 11 is 1.16. The first kappa shape index (κ1) is 24.9. The van der Waals surface area contributed by atoms with E-state index in [1.54, 1.807) is 54.6 Å². The van der Waals surface area contributed by atoms with Crippen molar-refractivity contribution in [2.75, 3.05) is 12.4 Å². The Bertz CT molecular complexity index is 1450. The Labute approximate surface area is 211 Å². The van der Waals surface area contributed by atoms with Crippen LogP contribution in [0.4, 0.5) is 5.69 Å². The molecule has 0 aliphatic heterocycles. The van der Waals surface area contributed by atoms with Crippen molar-refractivity contribution in [1.29, 1.82) is 0 Å². The van der Waals surface area contributed by atoms with E-state index in [0.717, 1.165) is 22.2 Å². The van der Waals surface area contributed by atoms with Crippen LogP contribution in [0.5, 0.6) is 5.75 Å². The fourth-order valence-electron chi connectivity index (χ4n) is 3.49. The first-order chi connectivity index (χ1) is 17.3. The molecule has 184 valence electrons. The number of hydrogen-bond donors (Lipinski definition) is 2. The first-order valence-corrected chi connectivity index (χ1v) is 12.0. The molecule has 1 amide bonds. The molecule has 0 bridgehead atoms. The SMILES string of the molecule is COc1ccc2nnn(CCC(Sc3ccc(NC(=O)c4ccc(C)cc4)cc3)C(=O)O)c(=O)c2c1. The number of nitrogens with zero attached hydrogens (tertiary/aromatic N) is 3. The number of fused-ring (bicyclic) bond motifs is 1. The molecule has 1 aromatic heterocycles. The summed E-state index contributed by atoms with van der Waals surface area (Å²) in [5.41, 5.74) is 2.30. The number of benzene rings is 3. The minimum absolute atomic E-state index is 0.0909. The van der Waals surface area contributed by atoms with Crippen LogP contribution >= 0.6 is 11.8 Å². The van der Waals surface area contributed by atoms with E-state index in [1.807, 2.05) is 19.1 Å². The number of thioether (sulfide) groups is 1. The summed E-state index contributed by atoms with van der Waals surface area (Å²) < 4.78 is 6.34. The standard InChI is InChI=1S/C26H24N4O5S/c1-16-3-5-17(6-4-16)24(31)27-18-7-10-20(11-8-18)36-23(26(33)34)13-14-30-25(32)21-15-19(35-2)9-12-22(21)28-29-30/h3-12,15,23H,13-14H2,1-2H3,(H,27,31)(H,33,34). The zero-order chi connectivity index (χ0) is 25.7. The molecular formula is C26H24N4O5S. The number of aliphatic carboxylic acids is 1. The third-order valence-electron chi connectivity index (χ3n) is 5.51. The van der Waals surface area contributed by atoms with E-state index in [-0.39, 0.29) is 24.4 Å². The molecule has 36 heavy (non-hydrogen) atoms. The van der Waals surface area contributed by atoms with E-state index in [9.17, 15) is 19.5 Å². The average molecular weight is 505 g/mol. The Hall–Kier alpha value is -4.18. The van der Waals surface area contributed by atoms with E-state index < -0.39 is 11.2 Å². The van der Waals surface area contributed by atoms with Crippen molar-refractivity contribution in [3.8, 4) is 5.75 Å². The van der Waals surface area contributed by atoms with Gasteiger partial charge in [-0.2, -0.15) is 0 Å². The number of carbonyl (C=O) groups excluding carboxylic acids is 1. The quantitative estimate of drug-likeness (QED) is 0.328. The van der Waals surface area contributed by atoms with Gasteiger partial charge in [-0.05, 0) is 67.9 Å². The Morgan fingerprint density at radius 1 is 1.08 bits per heavy atom. The van der Waals surface area contributed by atoms with Crippen molar-refractivity contribution in [3.05, 3.63) is 88.2 Å². The van der Waals surface area contributed by atoms with Crippen molar-refractivity contribution >= 4 is 40.2 Å². The molecule has 0 aliphatic rings. The lowest BCUT2D eigenvalue weighted by molar-refractivity contribution is -0.136. The number of aryl methyl sites for hydroxylation is 2. The van der Waals surface area contributed by atoms with Gasteiger partial charge in [-0.25, -0.2) is 4.68 Å². The molecule has 0 spiro atoms. The molecule has 3 aromatic carbocycles. The molecule has 10 heteroatoms. The van der Waals surface area contributed by atoms with Gasteiger partial charge in [0.2, 0.25) is 0 Å². The lowest BCUT2D eigenvalue weighted by Gasteiger charge is -2.13. The Balaban J connectivity index is 1.41. The zero-order valence-electron chi connectivity index (χ0n) is 19.7. The van der Waals surface area contributed by atoms with Gasteiger partial charge in [-0.3, -0.25) is 14.4 Å². The molecule has 0 radical (unpaired) electrons. The van der Waals surface area contributed by atoms with E-state index in [1.165, 1.54) is 11.8 Å². The number of methoxy groups -OCH3 is 1. The number of amides is 1. The smallest absolute Gasteiger partial charge is 0.317 e. The highest BCUT2D eigenvalue weighted by Gasteiger charge is 2.20. The molecule has 0 aliphatic carbocycles. The third-order valence-corrected chi connectivity index (χ3v) is 6.78. The Kier molecular flexibility index (Phi) is 7.65. The van der Waals surface area contributed by atoms with Crippen molar-refractivity contribution in [1.82, 2.24) is 15.0 Å². The lowest BCUT2D eigenvalue weighted by Crippen LogP contribution is -2.27. The van der Waals surface area contributed by atoms with Crippen LogP contribution in [0.2, 0.25) is 0 Å². The summed E-state index contributed by atoms with van der Waals surface area (Å²) in [6.07, 6.45) is 0.163. The van der Waals surface area contributed by atoms with Crippen LogP contribution in [0.25, 0.3) is 10.9 Å². The minimum atomic E-state index is -1.000. The normalized spacial score (nSPS) is 11.7. The summed E-state index contributed by atoms with van der Waals surface area (Å²) in [5, 5.41) is 20.1.